The van der Waals surface area contributed by atoms with Crippen molar-refractivity contribution in [3.8, 4) is 0 Å². The van der Waals surface area contributed by atoms with Crippen molar-refractivity contribution in [3.05, 3.63) is 11.9 Å². The van der Waals surface area contributed by atoms with Crippen LogP contribution in [0.2, 0.25) is 0 Å². The van der Waals surface area contributed by atoms with Crippen molar-refractivity contribution in [1.82, 2.24) is 20.2 Å². The first-order chi connectivity index (χ1) is 9.28. The first-order valence-corrected chi connectivity index (χ1v) is 7.04. The molecule has 0 spiro atoms. The Kier molecular flexibility index (Phi) is 5.35. The van der Waals surface area contributed by atoms with Crippen LogP contribution >= 0.6 is 0 Å². The van der Waals surface area contributed by atoms with Crippen molar-refractivity contribution >= 4 is 11.6 Å². The van der Waals surface area contributed by atoms with E-state index in [9.17, 15) is 0 Å². The molecule has 2 rings (SSSR count). The highest BCUT2D eigenvalue weighted by Gasteiger charge is 2.08. The van der Waals surface area contributed by atoms with Crippen molar-refractivity contribution in [2.45, 2.75) is 13.8 Å². The highest BCUT2D eigenvalue weighted by molar-refractivity contribution is 5.47. The summed E-state index contributed by atoms with van der Waals surface area (Å²) in [5, 5.41) is 9.96. The smallest absolute Gasteiger partial charge is 0.131 e. The molecule has 0 saturated carbocycles. The Balaban J connectivity index is 1.81. The third-order valence-corrected chi connectivity index (χ3v) is 3.14. The molecule has 1 aliphatic heterocycles. The van der Waals surface area contributed by atoms with Gasteiger partial charge in [-0.1, -0.05) is 0 Å². The molecule has 3 N–H and O–H groups in total. The molecule has 1 aromatic rings. The van der Waals surface area contributed by atoms with Crippen molar-refractivity contribution < 1.29 is 0 Å². The summed E-state index contributed by atoms with van der Waals surface area (Å²) in [4.78, 5) is 11.2. The summed E-state index contributed by atoms with van der Waals surface area (Å²) in [7, 11) is 0. The van der Waals surface area contributed by atoms with Crippen LogP contribution in [0.3, 0.4) is 0 Å². The fourth-order valence-corrected chi connectivity index (χ4v) is 2.21. The van der Waals surface area contributed by atoms with Crippen LogP contribution in [0.5, 0.6) is 0 Å². The summed E-state index contributed by atoms with van der Waals surface area (Å²) in [6.45, 7) is 11.3. The molecule has 0 amide bonds. The van der Waals surface area contributed by atoms with Gasteiger partial charge in [0.2, 0.25) is 0 Å². The van der Waals surface area contributed by atoms with Gasteiger partial charge in [0, 0.05) is 51.9 Å². The molecule has 2 heterocycles. The van der Waals surface area contributed by atoms with Gasteiger partial charge in [-0.25, -0.2) is 9.97 Å². The molecule has 1 fully saturated rings. The van der Waals surface area contributed by atoms with Gasteiger partial charge in [0.15, 0.2) is 0 Å². The summed E-state index contributed by atoms with van der Waals surface area (Å²) in [6.07, 6.45) is 0. The van der Waals surface area contributed by atoms with Crippen LogP contribution in [0, 0.1) is 6.92 Å². The van der Waals surface area contributed by atoms with Crippen molar-refractivity contribution in [1.29, 1.82) is 0 Å². The topological polar surface area (TPSA) is 65.1 Å². The second-order valence-electron chi connectivity index (χ2n) is 4.73. The Morgan fingerprint density at radius 1 is 1.21 bits per heavy atom. The van der Waals surface area contributed by atoms with Crippen LogP contribution in [0.1, 0.15) is 12.7 Å². The maximum Gasteiger partial charge on any atom is 0.131 e. The number of piperazine rings is 1. The zero-order valence-electron chi connectivity index (χ0n) is 11.9. The molecule has 0 radical (unpaired) electrons. The SMILES string of the molecule is CCNc1cc(NCCN2CCNCC2)nc(C)n1. The second kappa shape index (κ2) is 7.25. The number of anilines is 2. The number of aromatic nitrogens is 2. The number of hydrogen-bond acceptors (Lipinski definition) is 6. The van der Waals surface area contributed by atoms with E-state index < -0.39 is 0 Å². The molecule has 106 valence electrons. The number of nitrogens with zero attached hydrogens (tertiary/aromatic N) is 3. The zero-order chi connectivity index (χ0) is 13.5. The van der Waals surface area contributed by atoms with Crippen LogP contribution < -0.4 is 16.0 Å². The molecular weight excluding hydrogens is 240 g/mol. The van der Waals surface area contributed by atoms with Gasteiger partial charge in [0.25, 0.3) is 0 Å². The average Bonchev–Trinajstić information content (AvgIpc) is 2.40. The monoisotopic (exact) mass is 264 g/mol. The van der Waals surface area contributed by atoms with E-state index in [1.807, 2.05) is 13.0 Å². The zero-order valence-corrected chi connectivity index (χ0v) is 11.9. The Morgan fingerprint density at radius 3 is 2.58 bits per heavy atom. The maximum atomic E-state index is 4.41. The summed E-state index contributed by atoms with van der Waals surface area (Å²) in [5.74, 6) is 2.58. The van der Waals surface area contributed by atoms with E-state index in [-0.39, 0.29) is 0 Å². The van der Waals surface area contributed by atoms with Gasteiger partial charge < -0.3 is 16.0 Å². The standard InChI is InChI=1S/C13H24N6/c1-3-15-12-10-13(18-11(2)17-12)16-6-9-19-7-4-14-5-8-19/h10,14H,3-9H2,1-2H3,(H2,15,16,17,18). The van der Waals surface area contributed by atoms with Gasteiger partial charge in [0.1, 0.15) is 17.5 Å². The molecule has 0 atom stereocenters. The van der Waals surface area contributed by atoms with E-state index >= 15 is 0 Å². The molecule has 0 bridgehead atoms. The minimum atomic E-state index is 0.795. The fourth-order valence-electron chi connectivity index (χ4n) is 2.21. The van der Waals surface area contributed by atoms with E-state index in [1.165, 1.54) is 0 Å². The molecule has 1 aromatic heterocycles. The Morgan fingerprint density at radius 2 is 1.89 bits per heavy atom. The molecule has 1 aliphatic rings. The Bertz CT molecular complexity index is 389. The van der Waals surface area contributed by atoms with Crippen LogP contribution in [0.4, 0.5) is 11.6 Å². The number of hydrogen-bond donors (Lipinski definition) is 3. The van der Waals surface area contributed by atoms with Gasteiger partial charge in [-0.05, 0) is 13.8 Å². The Hall–Kier alpha value is -1.40. The predicted molar refractivity (Wildman–Crippen MR) is 78.7 cm³/mol. The first-order valence-electron chi connectivity index (χ1n) is 7.04. The lowest BCUT2D eigenvalue weighted by atomic mass is 10.3. The minimum absolute atomic E-state index is 0.795. The molecule has 19 heavy (non-hydrogen) atoms. The van der Waals surface area contributed by atoms with Crippen LogP contribution in [-0.2, 0) is 0 Å². The number of rotatable bonds is 6. The molecule has 6 heteroatoms. The van der Waals surface area contributed by atoms with Crippen LogP contribution in [-0.4, -0.2) is 60.7 Å². The molecule has 0 aromatic carbocycles. The van der Waals surface area contributed by atoms with E-state index in [0.717, 1.165) is 63.3 Å². The van der Waals surface area contributed by atoms with Gasteiger partial charge in [0.05, 0.1) is 0 Å². The molecule has 0 aliphatic carbocycles. The predicted octanol–water partition coefficient (Wildman–Crippen LogP) is 0.534. The van der Waals surface area contributed by atoms with E-state index in [0.29, 0.717) is 0 Å². The maximum absolute atomic E-state index is 4.41. The third kappa shape index (κ3) is 4.65. The van der Waals surface area contributed by atoms with Crippen LogP contribution in [0.15, 0.2) is 6.07 Å². The van der Waals surface area contributed by atoms with Gasteiger partial charge in [-0.3, -0.25) is 4.90 Å². The Labute approximate surface area is 115 Å². The van der Waals surface area contributed by atoms with Crippen molar-refractivity contribution in [2.24, 2.45) is 0 Å². The van der Waals surface area contributed by atoms with E-state index in [4.69, 9.17) is 0 Å². The lowest BCUT2D eigenvalue weighted by molar-refractivity contribution is 0.249. The highest BCUT2D eigenvalue weighted by Crippen LogP contribution is 2.10. The summed E-state index contributed by atoms with van der Waals surface area (Å²) in [5.41, 5.74) is 0. The summed E-state index contributed by atoms with van der Waals surface area (Å²) < 4.78 is 0. The molecular formula is C13H24N6. The minimum Gasteiger partial charge on any atom is -0.370 e. The molecule has 0 unspecified atom stereocenters. The third-order valence-electron chi connectivity index (χ3n) is 3.14. The van der Waals surface area contributed by atoms with Gasteiger partial charge >= 0.3 is 0 Å². The highest BCUT2D eigenvalue weighted by atomic mass is 15.2. The largest absolute Gasteiger partial charge is 0.370 e. The number of aryl methyl sites for hydroxylation is 1. The van der Waals surface area contributed by atoms with Crippen LogP contribution in [0.25, 0.3) is 0 Å². The molecule has 6 nitrogen and oxygen atoms in total. The lowest BCUT2D eigenvalue weighted by Gasteiger charge is -2.27. The van der Waals surface area contributed by atoms with Crippen molar-refractivity contribution in [3.63, 3.8) is 0 Å². The van der Waals surface area contributed by atoms with E-state index in [1.54, 1.807) is 0 Å². The fraction of sp³-hybridized carbons (Fsp3) is 0.692. The lowest BCUT2D eigenvalue weighted by Crippen LogP contribution is -2.45. The number of nitrogens with one attached hydrogen (secondary N) is 3. The quantitative estimate of drug-likeness (QED) is 0.697. The van der Waals surface area contributed by atoms with Crippen molar-refractivity contribution in [2.75, 3.05) is 56.4 Å². The average molecular weight is 264 g/mol. The van der Waals surface area contributed by atoms with Gasteiger partial charge in [-0.15, -0.1) is 0 Å². The summed E-state index contributed by atoms with van der Waals surface area (Å²) in [6, 6.07) is 1.97. The summed E-state index contributed by atoms with van der Waals surface area (Å²) >= 11 is 0. The second-order valence-corrected chi connectivity index (χ2v) is 4.73. The normalized spacial score (nSPS) is 16.3. The first kappa shape index (κ1) is 14.0. The van der Waals surface area contributed by atoms with E-state index in [2.05, 4.69) is 37.7 Å². The molecule has 1 saturated heterocycles. The van der Waals surface area contributed by atoms with Gasteiger partial charge in [-0.2, -0.15) is 0 Å².